The van der Waals surface area contributed by atoms with E-state index in [-0.39, 0.29) is 6.29 Å². The van der Waals surface area contributed by atoms with Crippen LogP contribution in [0.3, 0.4) is 0 Å². The Balaban J connectivity index is 1.55. The van der Waals surface area contributed by atoms with Gasteiger partial charge in [-0.3, -0.25) is 4.90 Å². The molecule has 1 atom stereocenters. The van der Waals surface area contributed by atoms with Gasteiger partial charge in [-0.15, -0.1) is 0 Å². The van der Waals surface area contributed by atoms with Crippen LogP contribution in [-0.2, 0) is 13.1 Å². The van der Waals surface area contributed by atoms with E-state index in [4.69, 9.17) is 5.10 Å². The van der Waals surface area contributed by atoms with Crippen LogP contribution in [-0.4, -0.2) is 21.0 Å². The number of nitrogens with one attached hydrogen (secondary N) is 2. The Kier molecular flexibility index (Phi) is 2.90. The van der Waals surface area contributed by atoms with Crippen molar-refractivity contribution in [3.05, 3.63) is 71.4 Å². The number of rotatable bonds is 1. The molecule has 5 nitrogen and oxygen atoms in total. The van der Waals surface area contributed by atoms with E-state index in [2.05, 4.69) is 58.9 Å². The predicted octanol–water partition coefficient (Wildman–Crippen LogP) is 3.32. The zero-order valence-corrected chi connectivity index (χ0v) is 13.5. The van der Waals surface area contributed by atoms with Gasteiger partial charge >= 0.3 is 0 Å². The Morgan fingerprint density at radius 2 is 1.75 bits per heavy atom. The lowest BCUT2D eigenvalue weighted by Crippen LogP contribution is -2.51. The minimum Gasteiger partial charge on any atom is -0.353 e. The lowest BCUT2D eigenvalue weighted by Gasteiger charge is -2.41. The molecule has 2 aliphatic heterocycles. The van der Waals surface area contributed by atoms with Crippen LogP contribution in [0.1, 0.15) is 16.8 Å². The molecule has 0 fully saturated rings. The summed E-state index contributed by atoms with van der Waals surface area (Å²) in [6.07, 6.45) is 0.0889. The summed E-state index contributed by atoms with van der Waals surface area (Å²) in [6, 6.07) is 18.8. The molecule has 0 spiro atoms. The molecule has 3 aromatic rings. The van der Waals surface area contributed by atoms with Crippen LogP contribution in [0.4, 0.5) is 11.5 Å². The molecule has 5 rings (SSSR count). The highest BCUT2D eigenvalue weighted by Crippen LogP contribution is 2.34. The minimum absolute atomic E-state index is 0.0889. The molecule has 2 N–H and O–H groups in total. The monoisotopic (exact) mass is 317 g/mol. The third-order valence-corrected chi connectivity index (χ3v) is 4.87. The van der Waals surface area contributed by atoms with E-state index in [0.717, 1.165) is 30.3 Å². The molecule has 0 saturated carbocycles. The quantitative estimate of drug-likeness (QED) is 0.723. The van der Waals surface area contributed by atoms with Crippen molar-refractivity contribution >= 4 is 11.5 Å². The summed E-state index contributed by atoms with van der Waals surface area (Å²) >= 11 is 0. The summed E-state index contributed by atoms with van der Waals surface area (Å²) in [4.78, 5) is 2.41. The topological polar surface area (TPSA) is 45.1 Å². The summed E-state index contributed by atoms with van der Waals surface area (Å²) in [7, 11) is 0. The van der Waals surface area contributed by atoms with Gasteiger partial charge < -0.3 is 10.6 Å². The summed E-state index contributed by atoms with van der Waals surface area (Å²) in [5.74, 6) is 1.09. The number of fused-ring (bicyclic) bond motifs is 3. The second-order valence-corrected chi connectivity index (χ2v) is 6.41. The van der Waals surface area contributed by atoms with Crippen LogP contribution >= 0.6 is 0 Å². The van der Waals surface area contributed by atoms with Crippen molar-refractivity contribution in [3.8, 4) is 5.69 Å². The van der Waals surface area contributed by atoms with E-state index in [0.29, 0.717) is 0 Å². The Hall–Kier alpha value is -2.79. The van der Waals surface area contributed by atoms with E-state index in [1.807, 2.05) is 22.9 Å². The molecule has 0 amide bonds. The fraction of sp³-hybridized carbons (Fsp3) is 0.211. The molecule has 1 unspecified atom stereocenters. The fourth-order valence-electron chi connectivity index (χ4n) is 3.61. The second-order valence-electron chi connectivity index (χ2n) is 6.41. The average molecular weight is 317 g/mol. The van der Waals surface area contributed by atoms with Gasteiger partial charge in [0.15, 0.2) is 6.29 Å². The van der Waals surface area contributed by atoms with E-state index in [9.17, 15) is 0 Å². The summed E-state index contributed by atoms with van der Waals surface area (Å²) in [5.41, 5.74) is 5.98. The molecule has 120 valence electrons. The van der Waals surface area contributed by atoms with Crippen LogP contribution in [0.5, 0.6) is 0 Å². The van der Waals surface area contributed by atoms with Crippen molar-refractivity contribution in [2.45, 2.75) is 26.3 Å². The van der Waals surface area contributed by atoms with Gasteiger partial charge in [0, 0.05) is 24.3 Å². The average Bonchev–Trinajstić information content (AvgIpc) is 2.95. The maximum Gasteiger partial charge on any atom is 0.157 e. The molecule has 2 aliphatic rings. The zero-order valence-electron chi connectivity index (χ0n) is 13.5. The number of aromatic nitrogens is 2. The maximum absolute atomic E-state index is 4.77. The molecule has 1 aromatic heterocycles. The molecule has 0 aliphatic carbocycles. The summed E-state index contributed by atoms with van der Waals surface area (Å²) in [6.45, 7) is 3.93. The second kappa shape index (κ2) is 5.11. The van der Waals surface area contributed by atoms with Gasteiger partial charge in [-0.05, 0) is 30.7 Å². The van der Waals surface area contributed by atoms with Gasteiger partial charge in [0.05, 0.1) is 11.4 Å². The number of benzene rings is 2. The summed E-state index contributed by atoms with van der Waals surface area (Å²) < 4.78 is 2.02. The Bertz CT molecular complexity index is 899. The first-order valence-corrected chi connectivity index (χ1v) is 8.28. The summed E-state index contributed by atoms with van der Waals surface area (Å²) in [5, 5.41) is 12.0. The van der Waals surface area contributed by atoms with E-state index >= 15 is 0 Å². The number of nitrogens with zero attached hydrogens (tertiary/aromatic N) is 3. The molecular weight excluding hydrogens is 298 g/mol. The van der Waals surface area contributed by atoms with Crippen LogP contribution in [0.2, 0.25) is 0 Å². The highest BCUT2D eigenvalue weighted by Gasteiger charge is 2.33. The first-order chi connectivity index (χ1) is 11.8. The van der Waals surface area contributed by atoms with Crippen molar-refractivity contribution in [2.75, 3.05) is 10.6 Å². The first-order valence-electron chi connectivity index (χ1n) is 8.28. The van der Waals surface area contributed by atoms with E-state index < -0.39 is 0 Å². The number of para-hydroxylation sites is 2. The largest absolute Gasteiger partial charge is 0.353 e. The van der Waals surface area contributed by atoms with Gasteiger partial charge in [0.25, 0.3) is 0 Å². The number of hydrogen-bond acceptors (Lipinski definition) is 4. The number of anilines is 2. The first kappa shape index (κ1) is 13.6. The number of aryl methyl sites for hydroxylation is 1. The predicted molar refractivity (Wildman–Crippen MR) is 95.0 cm³/mol. The van der Waals surface area contributed by atoms with Crippen LogP contribution in [0.25, 0.3) is 5.69 Å². The molecule has 0 radical (unpaired) electrons. The molecule has 0 saturated heterocycles. The van der Waals surface area contributed by atoms with Gasteiger partial charge in [-0.1, -0.05) is 36.4 Å². The van der Waals surface area contributed by atoms with Crippen molar-refractivity contribution in [2.24, 2.45) is 0 Å². The Morgan fingerprint density at radius 1 is 0.958 bits per heavy atom. The minimum atomic E-state index is 0.0889. The van der Waals surface area contributed by atoms with Crippen LogP contribution in [0.15, 0.2) is 54.6 Å². The zero-order chi connectivity index (χ0) is 16.1. The molecule has 0 bridgehead atoms. The highest BCUT2D eigenvalue weighted by atomic mass is 15.5. The third-order valence-electron chi connectivity index (χ3n) is 4.87. The maximum atomic E-state index is 4.77. The number of hydrogen-bond donors (Lipinski definition) is 2. The lowest BCUT2D eigenvalue weighted by molar-refractivity contribution is 0.197. The van der Waals surface area contributed by atoms with Crippen LogP contribution < -0.4 is 10.6 Å². The van der Waals surface area contributed by atoms with Gasteiger partial charge in [-0.2, -0.15) is 5.10 Å². The third kappa shape index (κ3) is 2.02. The lowest BCUT2D eigenvalue weighted by atomic mass is 10.1. The molecule has 24 heavy (non-hydrogen) atoms. The fourth-order valence-corrected chi connectivity index (χ4v) is 3.61. The Morgan fingerprint density at radius 3 is 2.62 bits per heavy atom. The van der Waals surface area contributed by atoms with Gasteiger partial charge in [-0.25, -0.2) is 4.68 Å². The van der Waals surface area contributed by atoms with Crippen molar-refractivity contribution in [1.82, 2.24) is 14.7 Å². The molecular formula is C19H19N5. The smallest absolute Gasteiger partial charge is 0.157 e. The van der Waals surface area contributed by atoms with Crippen molar-refractivity contribution < 1.29 is 0 Å². The highest BCUT2D eigenvalue weighted by molar-refractivity contribution is 5.60. The van der Waals surface area contributed by atoms with Crippen molar-refractivity contribution in [1.29, 1.82) is 0 Å². The van der Waals surface area contributed by atoms with Gasteiger partial charge in [0.2, 0.25) is 0 Å². The molecule has 3 heterocycles. The van der Waals surface area contributed by atoms with E-state index in [1.165, 1.54) is 16.8 Å². The van der Waals surface area contributed by atoms with E-state index in [1.54, 1.807) is 0 Å². The SMILES string of the molecule is Cc1nn(-c2ccccc2)c2c1CN1Cc3ccccc3NC1N2. The van der Waals surface area contributed by atoms with Crippen molar-refractivity contribution in [3.63, 3.8) is 0 Å². The van der Waals surface area contributed by atoms with Crippen LogP contribution in [0, 0.1) is 6.92 Å². The normalized spacial score (nSPS) is 18.8. The molecule has 5 heteroatoms. The molecule has 2 aromatic carbocycles. The standard InChI is InChI=1S/C19H19N5/c1-13-16-12-23-11-14-7-5-6-10-17(14)20-19(23)21-18(16)24(22-13)15-8-3-2-4-9-15/h2-10,19-21H,11-12H2,1H3. The van der Waals surface area contributed by atoms with Gasteiger partial charge in [0.1, 0.15) is 5.82 Å². The Labute approximate surface area is 140 Å².